The maximum atomic E-state index is 12.0. The van der Waals surface area contributed by atoms with Crippen molar-refractivity contribution in [2.75, 3.05) is 36.5 Å². The summed E-state index contributed by atoms with van der Waals surface area (Å²) in [5.41, 5.74) is 4.43. The van der Waals surface area contributed by atoms with Gasteiger partial charge in [-0.05, 0) is 23.3 Å². The molecule has 0 bridgehead atoms. The van der Waals surface area contributed by atoms with Crippen molar-refractivity contribution in [3.05, 3.63) is 41.2 Å². The quantitative estimate of drug-likeness (QED) is 0.820. The van der Waals surface area contributed by atoms with Gasteiger partial charge in [-0.3, -0.25) is 9.78 Å². The van der Waals surface area contributed by atoms with Crippen LogP contribution >= 0.6 is 11.6 Å². The fourth-order valence-corrected chi connectivity index (χ4v) is 4.79. The number of benzene rings is 1. The number of piperidine rings is 1. The Hall–Kier alpha value is -2.80. The molecule has 3 aliphatic rings. The lowest BCUT2D eigenvalue weighted by molar-refractivity contribution is -0.117. The monoisotopic (exact) mass is 412 g/mol. The van der Waals surface area contributed by atoms with E-state index in [0.29, 0.717) is 18.0 Å². The summed E-state index contributed by atoms with van der Waals surface area (Å²) in [6.07, 6.45) is 5.05. The highest BCUT2D eigenvalue weighted by Crippen LogP contribution is 2.41. The Labute approximate surface area is 173 Å². The molecule has 2 amide bonds. The van der Waals surface area contributed by atoms with Gasteiger partial charge < -0.3 is 19.9 Å². The third-order valence-electron chi connectivity index (χ3n) is 6.20. The minimum absolute atomic E-state index is 0.0997. The van der Waals surface area contributed by atoms with Crippen LogP contribution in [0.1, 0.15) is 18.4 Å². The number of carbonyl (C=O) groups excluding carboxylic acids is 2. The minimum atomic E-state index is -0.411. The van der Waals surface area contributed by atoms with Crippen LogP contribution in [0.3, 0.4) is 0 Å². The Bertz CT molecular complexity index is 1020. The molecular weight excluding hydrogens is 392 g/mol. The smallest absolute Gasteiger partial charge is 0.407 e. The van der Waals surface area contributed by atoms with Crippen molar-refractivity contribution in [1.29, 1.82) is 0 Å². The van der Waals surface area contributed by atoms with E-state index in [1.165, 1.54) is 0 Å². The number of alkyl carbamates (subject to hydrolysis) is 1. The maximum Gasteiger partial charge on any atom is 0.407 e. The van der Waals surface area contributed by atoms with Crippen LogP contribution in [0.25, 0.3) is 11.1 Å². The molecule has 0 radical (unpaired) electrons. The number of anilines is 2. The number of rotatable bonds is 2. The number of ether oxygens (including phenoxy) is 1. The zero-order chi connectivity index (χ0) is 20.2. The number of likely N-dealkylation sites (N-methyl/N-ethyl adjacent to an activating group) is 1. The number of aromatic nitrogens is 1. The van der Waals surface area contributed by atoms with Gasteiger partial charge in [0.25, 0.3) is 0 Å². The second kappa shape index (κ2) is 6.62. The molecule has 0 saturated carbocycles. The van der Waals surface area contributed by atoms with Crippen molar-refractivity contribution in [1.82, 2.24) is 10.3 Å². The van der Waals surface area contributed by atoms with E-state index in [2.05, 4.69) is 21.3 Å². The number of hydrogen-bond donors (Lipinski definition) is 1. The van der Waals surface area contributed by atoms with Crippen LogP contribution in [0.15, 0.2) is 30.6 Å². The van der Waals surface area contributed by atoms with Crippen LogP contribution in [-0.2, 0) is 16.0 Å². The molecule has 1 N–H and O–H groups in total. The first-order chi connectivity index (χ1) is 14.0. The largest absolute Gasteiger partial charge is 0.441 e. The molecule has 29 heavy (non-hydrogen) atoms. The average Bonchev–Trinajstić information content (AvgIpc) is 3.21. The summed E-state index contributed by atoms with van der Waals surface area (Å²) in [4.78, 5) is 31.8. The number of fused-ring (bicyclic) bond motifs is 1. The molecule has 7 nitrogen and oxygen atoms in total. The molecule has 0 unspecified atom stereocenters. The Balaban J connectivity index is 1.47. The molecule has 150 valence electrons. The Kier molecular flexibility index (Phi) is 4.17. The van der Waals surface area contributed by atoms with Gasteiger partial charge >= 0.3 is 6.09 Å². The summed E-state index contributed by atoms with van der Waals surface area (Å²) in [6.45, 7) is 2.03. The summed E-state index contributed by atoms with van der Waals surface area (Å²) < 4.78 is 5.53. The number of pyridine rings is 1. The van der Waals surface area contributed by atoms with Crippen molar-refractivity contribution in [3.8, 4) is 11.1 Å². The molecule has 1 spiro atoms. The standard InChI is InChI=1S/C21H21ClN4O3/c1-25-17-3-2-13(8-14(17)9-18(25)27)15-10-23-11-16(22)19(15)26-6-4-21(5-7-26)12-24-20(28)29-21/h2-3,8,10-11H,4-7,9,12H2,1H3,(H,24,28). The van der Waals surface area contributed by atoms with E-state index in [9.17, 15) is 9.59 Å². The van der Waals surface area contributed by atoms with Gasteiger partial charge in [-0.15, -0.1) is 0 Å². The average molecular weight is 413 g/mol. The lowest BCUT2D eigenvalue weighted by atomic mass is 9.90. The second-order valence-corrected chi connectivity index (χ2v) is 8.31. The molecule has 0 aliphatic carbocycles. The first-order valence-corrected chi connectivity index (χ1v) is 10.1. The second-order valence-electron chi connectivity index (χ2n) is 7.90. The maximum absolute atomic E-state index is 12.0. The highest BCUT2D eigenvalue weighted by atomic mass is 35.5. The van der Waals surface area contributed by atoms with Gasteiger partial charge in [0.15, 0.2) is 0 Å². The molecule has 5 rings (SSSR count). The Morgan fingerprint density at radius 3 is 2.72 bits per heavy atom. The SMILES string of the molecule is CN1C(=O)Cc2cc(-c3cncc(Cl)c3N3CCC4(CC3)CNC(=O)O4)ccc21. The van der Waals surface area contributed by atoms with Crippen molar-refractivity contribution < 1.29 is 14.3 Å². The van der Waals surface area contributed by atoms with Gasteiger partial charge in [-0.1, -0.05) is 17.7 Å². The van der Waals surface area contributed by atoms with E-state index in [0.717, 1.165) is 54.0 Å². The first kappa shape index (κ1) is 18.2. The zero-order valence-electron chi connectivity index (χ0n) is 16.1. The van der Waals surface area contributed by atoms with E-state index in [-0.39, 0.29) is 12.0 Å². The fraction of sp³-hybridized carbons (Fsp3) is 0.381. The van der Waals surface area contributed by atoms with E-state index in [1.807, 2.05) is 18.3 Å². The molecule has 2 saturated heterocycles. The van der Waals surface area contributed by atoms with Crippen molar-refractivity contribution in [2.24, 2.45) is 0 Å². The highest BCUT2D eigenvalue weighted by Gasteiger charge is 2.43. The topological polar surface area (TPSA) is 74.8 Å². The Morgan fingerprint density at radius 2 is 2.00 bits per heavy atom. The molecule has 2 aromatic rings. The summed E-state index contributed by atoms with van der Waals surface area (Å²) in [5.74, 6) is 0.0997. The van der Waals surface area contributed by atoms with Gasteiger partial charge in [0.2, 0.25) is 5.91 Å². The number of hydrogen-bond acceptors (Lipinski definition) is 5. The van der Waals surface area contributed by atoms with Crippen LogP contribution in [0.2, 0.25) is 5.02 Å². The molecule has 8 heteroatoms. The lowest BCUT2D eigenvalue weighted by Gasteiger charge is -2.39. The van der Waals surface area contributed by atoms with Gasteiger partial charge in [0.05, 0.1) is 23.7 Å². The lowest BCUT2D eigenvalue weighted by Crippen LogP contribution is -2.46. The van der Waals surface area contributed by atoms with E-state index < -0.39 is 5.60 Å². The summed E-state index contributed by atoms with van der Waals surface area (Å²) in [7, 11) is 1.80. The normalized spacial score (nSPS) is 20.1. The molecule has 2 fully saturated rings. The van der Waals surface area contributed by atoms with Gasteiger partial charge in [0, 0.05) is 56.6 Å². The predicted molar refractivity (Wildman–Crippen MR) is 110 cm³/mol. The molecule has 0 atom stereocenters. The number of carbonyl (C=O) groups is 2. The third-order valence-corrected chi connectivity index (χ3v) is 6.47. The number of nitrogens with zero attached hydrogens (tertiary/aromatic N) is 3. The summed E-state index contributed by atoms with van der Waals surface area (Å²) in [5, 5.41) is 3.36. The highest BCUT2D eigenvalue weighted by molar-refractivity contribution is 6.33. The van der Waals surface area contributed by atoms with Crippen LogP contribution in [0.5, 0.6) is 0 Å². The molecule has 3 aliphatic heterocycles. The van der Waals surface area contributed by atoms with Crippen LogP contribution in [0, 0.1) is 0 Å². The van der Waals surface area contributed by atoms with Crippen molar-refractivity contribution in [3.63, 3.8) is 0 Å². The summed E-state index contributed by atoms with van der Waals surface area (Å²) >= 11 is 6.59. The molecule has 1 aromatic heterocycles. The van der Waals surface area contributed by atoms with Crippen molar-refractivity contribution >= 4 is 35.0 Å². The zero-order valence-corrected chi connectivity index (χ0v) is 16.8. The predicted octanol–water partition coefficient (Wildman–Crippen LogP) is 3.00. The molecular formula is C21H21ClN4O3. The summed E-state index contributed by atoms with van der Waals surface area (Å²) in [6, 6.07) is 6.05. The van der Waals surface area contributed by atoms with Crippen molar-refractivity contribution in [2.45, 2.75) is 24.9 Å². The minimum Gasteiger partial charge on any atom is -0.441 e. The van der Waals surface area contributed by atoms with Crippen LogP contribution in [0.4, 0.5) is 16.2 Å². The molecule has 1 aromatic carbocycles. The fourth-order valence-electron chi connectivity index (χ4n) is 4.52. The number of nitrogens with one attached hydrogen (secondary N) is 1. The van der Waals surface area contributed by atoms with E-state index >= 15 is 0 Å². The molecule has 4 heterocycles. The Morgan fingerprint density at radius 1 is 1.21 bits per heavy atom. The number of halogens is 1. The van der Waals surface area contributed by atoms with Crippen LogP contribution < -0.4 is 15.1 Å². The van der Waals surface area contributed by atoms with Gasteiger partial charge in [-0.25, -0.2) is 4.79 Å². The van der Waals surface area contributed by atoms with Crippen LogP contribution in [-0.4, -0.2) is 49.3 Å². The van der Waals surface area contributed by atoms with Gasteiger partial charge in [0.1, 0.15) is 5.60 Å². The first-order valence-electron chi connectivity index (χ1n) is 9.71. The number of amides is 2. The third kappa shape index (κ3) is 3.00. The van der Waals surface area contributed by atoms with Gasteiger partial charge in [-0.2, -0.15) is 0 Å². The van der Waals surface area contributed by atoms with E-state index in [1.54, 1.807) is 18.1 Å². The van der Waals surface area contributed by atoms with E-state index in [4.69, 9.17) is 16.3 Å².